The average molecular weight is 145 g/mol. The molecule has 0 aliphatic carbocycles. The van der Waals surface area contributed by atoms with Crippen molar-refractivity contribution in [1.29, 1.82) is 0 Å². The average Bonchev–Trinajstić information content (AvgIpc) is 2.44. The van der Waals surface area contributed by atoms with Crippen LogP contribution in [0.4, 0.5) is 0 Å². The lowest BCUT2D eigenvalue weighted by Gasteiger charge is -1.97. The minimum atomic E-state index is -1.59. The zero-order valence-electron chi connectivity index (χ0n) is 5.16. The Bertz CT molecular complexity index is 190. The van der Waals surface area contributed by atoms with Crippen molar-refractivity contribution in [3.05, 3.63) is 0 Å². The van der Waals surface area contributed by atoms with Crippen molar-refractivity contribution in [3.8, 4) is 0 Å². The summed E-state index contributed by atoms with van der Waals surface area (Å²) in [5.74, 6) is -1.94. The summed E-state index contributed by atoms with van der Waals surface area (Å²) in [5, 5.41) is 8.40. The van der Waals surface area contributed by atoms with Crippen LogP contribution in [0.1, 0.15) is 6.42 Å². The van der Waals surface area contributed by atoms with Gasteiger partial charge in [0.05, 0.1) is 0 Å². The quantitative estimate of drug-likeness (QED) is 0.381. The molecule has 0 spiro atoms. The SMILES string of the molecule is NCCC1(C(=O)O)OC1=O. The van der Waals surface area contributed by atoms with Crippen LogP contribution in [0.2, 0.25) is 0 Å². The zero-order valence-corrected chi connectivity index (χ0v) is 5.16. The van der Waals surface area contributed by atoms with Crippen LogP contribution in [0.5, 0.6) is 0 Å². The highest BCUT2D eigenvalue weighted by Gasteiger charge is 2.64. The molecule has 1 aliphatic rings. The number of carbonyl (C=O) groups is 2. The van der Waals surface area contributed by atoms with Crippen molar-refractivity contribution < 1.29 is 19.4 Å². The van der Waals surface area contributed by atoms with Crippen LogP contribution >= 0.6 is 0 Å². The van der Waals surface area contributed by atoms with Crippen LogP contribution in [0, 0.1) is 0 Å². The van der Waals surface area contributed by atoms with E-state index in [-0.39, 0.29) is 13.0 Å². The normalized spacial score (nSPS) is 29.5. The molecular formula is C5H7NO4. The van der Waals surface area contributed by atoms with Crippen LogP contribution in [0.3, 0.4) is 0 Å². The number of nitrogens with two attached hydrogens (primary N) is 1. The monoisotopic (exact) mass is 145 g/mol. The summed E-state index contributed by atoms with van der Waals surface area (Å²) < 4.78 is 4.29. The van der Waals surface area contributed by atoms with Crippen molar-refractivity contribution in [2.75, 3.05) is 6.54 Å². The van der Waals surface area contributed by atoms with Crippen LogP contribution < -0.4 is 5.73 Å². The highest BCUT2D eigenvalue weighted by Crippen LogP contribution is 2.32. The number of carbonyl (C=O) groups excluding carboxylic acids is 1. The van der Waals surface area contributed by atoms with Gasteiger partial charge in [-0.1, -0.05) is 0 Å². The second kappa shape index (κ2) is 1.95. The minimum absolute atomic E-state index is 0.0567. The van der Waals surface area contributed by atoms with Gasteiger partial charge in [0, 0.05) is 6.42 Å². The molecule has 1 rings (SSSR count). The van der Waals surface area contributed by atoms with E-state index in [9.17, 15) is 9.59 Å². The summed E-state index contributed by atoms with van der Waals surface area (Å²) in [5.41, 5.74) is 3.47. The van der Waals surface area contributed by atoms with Gasteiger partial charge in [0.15, 0.2) is 0 Å². The molecule has 0 amide bonds. The van der Waals surface area contributed by atoms with E-state index in [1.165, 1.54) is 0 Å². The molecule has 0 aromatic rings. The molecule has 0 aromatic heterocycles. The van der Waals surface area contributed by atoms with Gasteiger partial charge in [-0.15, -0.1) is 0 Å². The first kappa shape index (κ1) is 7.01. The Hall–Kier alpha value is -1.10. The zero-order chi connectivity index (χ0) is 7.78. The van der Waals surface area contributed by atoms with Gasteiger partial charge < -0.3 is 15.6 Å². The standard InChI is InChI=1S/C5H7NO4/c6-2-1-5(3(7)8)4(9)10-5/h1-2,6H2,(H,7,8). The summed E-state index contributed by atoms with van der Waals surface area (Å²) in [6.45, 7) is 0.137. The smallest absolute Gasteiger partial charge is 0.364 e. The number of rotatable bonds is 3. The van der Waals surface area contributed by atoms with Crippen LogP contribution in [0.25, 0.3) is 0 Å². The van der Waals surface area contributed by atoms with Crippen LogP contribution in [0.15, 0.2) is 0 Å². The molecule has 1 fully saturated rings. The maximum atomic E-state index is 10.4. The van der Waals surface area contributed by atoms with Crippen molar-refractivity contribution in [2.24, 2.45) is 5.73 Å². The third-order valence-corrected chi connectivity index (χ3v) is 1.40. The van der Waals surface area contributed by atoms with Gasteiger partial charge >= 0.3 is 17.5 Å². The third kappa shape index (κ3) is 0.750. The molecule has 3 N–H and O–H groups in total. The predicted molar refractivity (Wildman–Crippen MR) is 30.1 cm³/mol. The number of epoxide rings is 1. The van der Waals surface area contributed by atoms with Crippen LogP contribution in [-0.2, 0) is 14.3 Å². The van der Waals surface area contributed by atoms with Gasteiger partial charge in [-0.25, -0.2) is 9.59 Å². The maximum absolute atomic E-state index is 10.4. The van der Waals surface area contributed by atoms with Crippen molar-refractivity contribution in [1.82, 2.24) is 0 Å². The predicted octanol–water partition coefficient (Wildman–Crippen LogP) is -1.28. The maximum Gasteiger partial charge on any atom is 0.364 e. The lowest BCUT2D eigenvalue weighted by molar-refractivity contribution is -0.143. The second-order valence-electron chi connectivity index (χ2n) is 2.06. The fourth-order valence-corrected chi connectivity index (χ4v) is 0.727. The summed E-state index contributed by atoms with van der Waals surface area (Å²) in [4.78, 5) is 20.7. The molecule has 5 nitrogen and oxygen atoms in total. The van der Waals surface area contributed by atoms with Gasteiger partial charge in [-0.2, -0.15) is 0 Å². The van der Waals surface area contributed by atoms with Crippen LogP contribution in [-0.4, -0.2) is 29.2 Å². The highest BCUT2D eigenvalue weighted by molar-refractivity contribution is 6.13. The molecule has 0 bridgehead atoms. The van der Waals surface area contributed by atoms with E-state index in [0.717, 1.165) is 0 Å². The number of hydrogen-bond donors (Lipinski definition) is 2. The number of ether oxygens (including phenoxy) is 1. The second-order valence-corrected chi connectivity index (χ2v) is 2.06. The Kier molecular flexibility index (Phi) is 1.37. The van der Waals surface area contributed by atoms with E-state index < -0.39 is 17.5 Å². The van der Waals surface area contributed by atoms with Crippen molar-refractivity contribution in [3.63, 3.8) is 0 Å². The van der Waals surface area contributed by atoms with Crippen molar-refractivity contribution >= 4 is 11.9 Å². The topological polar surface area (TPSA) is 92.9 Å². The fourth-order valence-electron chi connectivity index (χ4n) is 0.727. The molecule has 5 heteroatoms. The number of aliphatic carboxylic acids is 1. The Morgan fingerprint density at radius 1 is 1.80 bits per heavy atom. The largest absolute Gasteiger partial charge is 0.478 e. The number of carboxylic acids is 1. The van der Waals surface area contributed by atoms with Gasteiger partial charge in [0.1, 0.15) is 0 Å². The minimum Gasteiger partial charge on any atom is -0.478 e. The third-order valence-electron chi connectivity index (χ3n) is 1.40. The molecule has 1 aliphatic heterocycles. The summed E-state index contributed by atoms with van der Waals surface area (Å²) in [6.07, 6.45) is 0.0567. The van der Waals surface area contributed by atoms with E-state index in [0.29, 0.717) is 0 Å². The molecular weight excluding hydrogens is 138 g/mol. The van der Waals surface area contributed by atoms with Gasteiger partial charge in [0.2, 0.25) is 0 Å². The molecule has 10 heavy (non-hydrogen) atoms. The number of hydrogen-bond acceptors (Lipinski definition) is 4. The molecule has 0 saturated carbocycles. The van der Waals surface area contributed by atoms with Gasteiger partial charge in [-0.3, -0.25) is 0 Å². The Morgan fingerprint density at radius 3 is 2.40 bits per heavy atom. The van der Waals surface area contributed by atoms with E-state index in [4.69, 9.17) is 10.8 Å². The molecule has 1 heterocycles. The lowest BCUT2D eigenvalue weighted by atomic mass is 10.1. The van der Waals surface area contributed by atoms with E-state index in [1.54, 1.807) is 0 Å². The van der Waals surface area contributed by atoms with Gasteiger partial charge in [0.25, 0.3) is 0 Å². The van der Waals surface area contributed by atoms with Crippen molar-refractivity contribution in [2.45, 2.75) is 12.0 Å². The Morgan fingerprint density at radius 2 is 2.30 bits per heavy atom. The molecule has 0 radical (unpaired) electrons. The summed E-state index contributed by atoms with van der Waals surface area (Å²) in [7, 11) is 0. The van der Waals surface area contributed by atoms with Gasteiger partial charge in [-0.05, 0) is 6.54 Å². The fraction of sp³-hybridized carbons (Fsp3) is 0.600. The van der Waals surface area contributed by atoms with E-state index in [2.05, 4.69) is 4.74 Å². The number of carboxylic acid groups (broad SMARTS) is 1. The Balaban J connectivity index is 2.63. The van der Waals surface area contributed by atoms with E-state index in [1.807, 2.05) is 0 Å². The molecule has 0 aromatic carbocycles. The summed E-state index contributed by atoms with van der Waals surface area (Å²) >= 11 is 0. The molecule has 1 saturated heterocycles. The summed E-state index contributed by atoms with van der Waals surface area (Å²) in [6, 6.07) is 0. The highest BCUT2D eigenvalue weighted by atomic mass is 16.7. The Labute approximate surface area is 56.8 Å². The lowest BCUT2D eigenvalue weighted by Crippen LogP contribution is -2.28. The molecule has 1 unspecified atom stereocenters. The molecule has 56 valence electrons. The van der Waals surface area contributed by atoms with E-state index >= 15 is 0 Å². The first-order chi connectivity index (χ1) is 4.63. The first-order valence-corrected chi connectivity index (χ1v) is 2.80. The first-order valence-electron chi connectivity index (χ1n) is 2.80. The molecule has 1 atom stereocenters. The number of cyclic esters (lactones) is 1.